The highest BCUT2D eigenvalue weighted by atomic mass is 79.9. The third-order valence-electron chi connectivity index (χ3n) is 4.15. The molecular formula is C16H22BrClFN3O2. The number of carbonyl (C=O) groups excluding carboxylic acids is 2. The largest absolute Gasteiger partial charge is 0.351 e. The third kappa shape index (κ3) is 5.16. The Morgan fingerprint density at radius 1 is 1.42 bits per heavy atom. The van der Waals surface area contributed by atoms with Gasteiger partial charge in [0.05, 0.1) is 5.56 Å². The molecule has 5 nitrogen and oxygen atoms in total. The Morgan fingerprint density at radius 2 is 2.12 bits per heavy atom. The van der Waals surface area contributed by atoms with E-state index in [1.165, 1.54) is 18.2 Å². The molecule has 0 aliphatic carbocycles. The molecule has 0 saturated carbocycles. The number of halogens is 3. The van der Waals surface area contributed by atoms with Crippen molar-refractivity contribution in [3.63, 3.8) is 0 Å². The van der Waals surface area contributed by atoms with Crippen LogP contribution in [0.2, 0.25) is 0 Å². The Balaban J connectivity index is 0.00000288. The van der Waals surface area contributed by atoms with Gasteiger partial charge in [0.1, 0.15) is 5.82 Å². The van der Waals surface area contributed by atoms with Gasteiger partial charge in [-0.25, -0.2) is 4.39 Å². The fourth-order valence-electron chi connectivity index (χ4n) is 2.60. The second-order valence-electron chi connectivity index (χ2n) is 5.70. The number of hydrogen-bond acceptors (Lipinski definition) is 3. The van der Waals surface area contributed by atoms with Crippen LogP contribution < -0.4 is 10.6 Å². The smallest absolute Gasteiger partial charge is 0.252 e. The van der Waals surface area contributed by atoms with Gasteiger partial charge >= 0.3 is 0 Å². The molecule has 1 aliphatic heterocycles. The predicted octanol–water partition coefficient (Wildman–Crippen LogP) is 2.34. The summed E-state index contributed by atoms with van der Waals surface area (Å²) in [6.45, 7) is 5.74. The van der Waals surface area contributed by atoms with Crippen LogP contribution in [-0.4, -0.2) is 48.4 Å². The van der Waals surface area contributed by atoms with Crippen LogP contribution in [0.25, 0.3) is 0 Å². The third-order valence-corrected chi connectivity index (χ3v) is 4.84. The zero-order chi connectivity index (χ0) is 17.0. The summed E-state index contributed by atoms with van der Waals surface area (Å²) >= 11 is 3.22. The number of benzene rings is 1. The zero-order valence-corrected chi connectivity index (χ0v) is 16.0. The van der Waals surface area contributed by atoms with Crippen molar-refractivity contribution < 1.29 is 14.0 Å². The maximum absolute atomic E-state index is 13.2. The van der Waals surface area contributed by atoms with E-state index in [4.69, 9.17) is 0 Å². The molecule has 1 aromatic rings. The van der Waals surface area contributed by atoms with Crippen LogP contribution in [-0.2, 0) is 4.79 Å². The van der Waals surface area contributed by atoms with Crippen LogP contribution in [0.5, 0.6) is 0 Å². The molecule has 134 valence electrons. The van der Waals surface area contributed by atoms with E-state index in [1.54, 1.807) is 0 Å². The zero-order valence-electron chi connectivity index (χ0n) is 13.6. The van der Waals surface area contributed by atoms with E-state index in [-0.39, 0.29) is 48.9 Å². The molecule has 0 spiro atoms. The normalized spacial score (nSPS) is 20.2. The summed E-state index contributed by atoms with van der Waals surface area (Å²) in [5.74, 6) is -0.853. The van der Waals surface area contributed by atoms with Gasteiger partial charge in [0.15, 0.2) is 0 Å². The lowest BCUT2D eigenvalue weighted by molar-refractivity contribution is -0.134. The Hall–Kier alpha value is -1.18. The Kier molecular flexibility index (Phi) is 8.12. The molecule has 0 radical (unpaired) electrons. The van der Waals surface area contributed by atoms with Gasteiger partial charge in [-0.2, -0.15) is 0 Å². The number of amides is 2. The van der Waals surface area contributed by atoms with Crippen LogP contribution in [0.4, 0.5) is 4.39 Å². The number of rotatable bonds is 4. The molecule has 1 aliphatic rings. The fourth-order valence-corrected chi connectivity index (χ4v) is 3.03. The van der Waals surface area contributed by atoms with E-state index in [0.29, 0.717) is 11.0 Å². The highest BCUT2D eigenvalue weighted by molar-refractivity contribution is 9.10. The van der Waals surface area contributed by atoms with Gasteiger partial charge in [-0.05, 0) is 48.0 Å². The molecular weight excluding hydrogens is 401 g/mol. The van der Waals surface area contributed by atoms with Gasteiger partial charge in [0.25, 0.3) is 5.91 Å². The molecule has 1 aromatic carbocycles. The van der Waals surface area contributed by atoms with Crippen molar-refractivity contribution in [1.29, 1.82) is 0 Å². The van der Waals surface area contributed by atoms with E-state index >= 15 is 0 Å². The minimum atomic E-state index is -0.474. The summed E-state index contributed by atoms with van der Waals surface area (Å²) in [4.78, 5) is 26.2. The lowest BCUT2D eigenvalue weighted by Gasteiger charge is -2.38. The first kappa shape index (κ1) is 20.9. The number of hydrogen-bond donors (Lipinski definition) is 2. The van der Waals surface area contributed by atoms with Crippen molar-refractivity contribution in [2.75, 3.05) is 19.6 Å². The van der Waals surface area contributed by atoms with Crippen molar-refractivity contribution in [2.45, 2.75) is 32.4 Å². The standard InChI is InChI=1S/C16H21BrFN3O2.ClH/c1-10-11(2)21(8-7-19-10)15(22)5-6-20-16(23)13-9-12(18)3-4-14(13)17;/h3-4,9-11,19H,5-8H2,1-2H3,(H,20,23);1H. The van der Waals surface area contributed by atoms with Gasteiger partial charge in [-0.3, -0.25) is 9.59 Å². The molecule has 0 aromatic heterocycles. The molecule has 2 atom stereocenters. The lowest BCUT2D eigenvalue weighted by atomic mass is 10.1. The summed E-state index contributed by atoms with van der Waals surface area (Å²) in [6.07, 6.45) is 0.232. The SMILES string of the molecule is CC1NCCN(C(=O)CCNC(=O)c2cc(F)ccc2Br)C1C.Cl. The Labute approximate surface area is 155 Å². The first-order valence-electron chi connectivity index (χ1n) is 7.66. The molecule has 1 heterocycles. The van der Waals surface area contributed by atoms with Crippen molar-refractivity contribution >= 4 is 40.2 Å². The molecule has 1 fully saturated rings. The number of carbonyl (C=O) groups is 2. The average Bonchev–Trinajstić information content (AvgIpc) is 2.52. The van der Waals surface area contributed by atoms with Crippen LogP contribution in [0.1, 0.15) is 30.6 Å². The number of nitrogens with one attached hydrogen (secondary N) is 2. The monoisotopic (exact) mass is 421 g/mol. The highest BCUT2D eigenvalue weighted by Crippen LogP contribution is 2.17. The van der Waals surface area contributed by atoms with Crippen molar-refractivity contribution in [3.8, 4) is 0 Å². The minimum absolute atomic E-state index is 0. The summed E-state index contributed by atoms with van der Waals surface area (Å²) in [5.41, 5.74) is 0.224. The Morgan fingerprint density at radius 3 is 2.83 bits per heavy atom. The van der Waals surface area contributed by atoms with Crippen LogP contribution in [0, 0.1) is 5.82 Å². The molecule has 24 heavy (non-hydrogen) atoms. The van der Waals surface area contributed by atoms with Gasteiger partial charge in [-0.1, -0.05) is 0 Å². The van der Waals surface area contributed by atoms with Gasteiger partial charge in [0, 0.05) is 42.6 Å². The van der Waals surface area contributed by atoms with E-state index in [1.807, 2.05) is 18.7 Å². The minimum Gasteiger partial charge on any atom is -0.351 e. The molecule has 2 amide bonds. The van der Waals surface area contributed by atoms with Gasteiger partial charge < -0.3 is 15.5 Å². The highest BCUT2D eigenvalue weighted by Gasteiger charge is 2.27. The molecule has 2 unspecified atom stereocenters. The molecule has 2 N–H and O–H groups in total. The van der Waals surface area contributed by atoms with Crippen molar-refractivity contribution in [1.82, 2.24) is 15.5 Å². The second-order valence-corrected chi connectivity index (χ2v) is 6.55. The molecule has 2 rings (SSSR count). The first-order valence-corrected chi connectivity index (χ1v) is 8.45. The maximum atomic E-state index is 13.2. The average molecular weight is 423 g/mol. The molecule has 1 saturated heterocycles. The van der Waals surface area contributed by atoms with Gasteiger partial charge in [-0.15, -0.1) is 12.4 Å². The summed E-state index contributed by atoms with van der Waals surface area (Å²) in [6, 6.07) is 4.31. The fraction of sp³-hybridized carbons (Fsp3) is 0.500. The Bertz CT molecular complexity index is 603. The topological polar surface area (TPSA) is 61.4 Å². The van der Waals surface area contributed by atoms with E-state index in [9.17, 15) is 14.0 Å². The van der Waals surface area contributed by atoms with E-state index in [0.717, 1.165) is 6.54 Å². The van der Waals surface area contributed by atoms with Crippen LogP contribution in [0.15, 0.2) is 22.7 Å². The van der Waals surface area contributed by atoms with Crippen molar-refractivity contribution in [2.24, 2.45) is 0 Å². The van der Waals surface area contributed by atoms with Crippen LogP contribution in [0.3, 0.4) is 0 Å². The van der Waals surface area contributed by atoms with E-state index in [2.05, 4.69) is 26.6 Å². The van der Waals surface area contributed by atoms with Crippen molar-refractivity contribution in [3.05, 3.63) is 34.1 Å². The summed E-state index contributed by atoms with van der Waals surface area (Å²) in [7, 11) is 0. The quantitative estimate of drug-likeness (QED) is 0.783. The molecule has 0 bridgehead atoms. The molecule has 8 heteroatoms. The predicted molar refractivity (Wildman–Crippen MR) is 96.9 cm³/mol. The number of piperazine rings is 1. The second kappa shape index (κ2) is 9.34. The van der Waals surface area contributed by atoms with Gasteiger partial charge in [0.2, 0.25) is 5.91 Å². The lowest BCUT2D eigenvalue weighted by Crippen LogP contribution is -2.57. The van der Waals surface area contributed by atoms with Crippen LogP contribution >= 0.6 is 28.3 Å². The maximum Gasteiger partial charge on any atom is 0.252 e. The number of nitrogens with zero attached hydrogens (tertiary/aromatic N) is 1. The summed E-state index contributed by atoms with van der Waals surface area (Å²) in [5, 5.41) is 5.98. The van der Waals surface area contributed by atoms with E-state index < -0.39 is 11.7 Å². The first-order chi connectivity index (χ1) is 10.9. The summed E-state index contributed by atoms with van der Waals surface area (Å²) < 4.78 is 13.7.